The van der Waals surface area contributed by atoms with Crippen molar-refractivity contribution in [3.8, 4) is 0 Å². The average Bonchev–Trinajstić information content (AvgIpc) is 2.46. The molecule has 0 saturated carbocycles. The molecule has 0 fully saturated rings. The highest BCUT2D eigenvalue weighted by Gasteiger charge is 2.00. The van der Waals surface area contributed by atoms with Crippen LogP contribution in [0.5, 0.6) is 0 Å². The predicted molar refractivity (Wildman–Crippen MR) is 57.4 cm³/mol. The Kier molecular flexibility index (Phi) is 2.47. The third-order valence-corrected chi connectivity index (χ3v) is 2.58. The highest BCUT2D eigenvalue weighted by atomic mass is 35.5. The van der Waals surface area contributed by atoms with Crippen LogP contribution in [-0.2, 0) is 5.75 Å². The Morgan fingerprint density at radius 3 is 3.23 bits per heavy atom. The minimum atomic E-state index is 0.730. The van der Waals surface area contributed by atoms with Gasteiger partial charge in [-0.15, -0.1) is 0 Å². The molecule has 0 N–H and O–H groups in total. The second-order valence-electron chi connectivity index (χ2n) is 2.78. The summed E-state index contributed by atoms with van der Waals surface area (Å²) in [6.45, 7) is 0. The maximum Gasteiger partial charge on any atom is 0.138 e. The van der Waals surface area contributed by atoms with Gasteiger partial charge in [0.2, 0.25) is 0 Å². The van der Waals surface area contributed by atoms with E-state index in [2.05, 4.69) is 11.2 Å². The molecule has 0 aliphatic rings. The number of hydrogen-bond acceptors (Lipinski definition) is 2. The molecule has 2 rings (SSSR count). The number of thioether (sulfide) groups is 1. The summed E-state index contributed by atoms with van der Waals surface area (Å²) in [5.74, 6) is 0.944. The van der Waals surface area contributed by atoms with E-state index in [0.29, 0.717) is 0 Å². The second-order valence-corrected chi connectivity index (χ2v) is 4.08. The Morgan fingerprint density at radius 1 is 1.62 bits per heavy atom. The maximum absolute atomic E-state index is 5.85. The molecule has 0 radical (unpaired) electrons. The predicted octanol–water partition coefficient (Wildman–Crippen LogP) is 2.85. The van der Waals surface area contributed by atoms with Crippen LogP contribution in [0.4, 0.5) is 0 Å². The Morgan fingerprint density at radius 2 is 2.46 bits per heavy atom. The Balaban J connectivity index is 2.49. The summed E-state index contributed by atoms with van der Waals surface area (Å²) < 4.78 is 1.98. The SMILES string of the molecule is CSCc1cn2ccc(Cl)cc2n1. The van der Waals surface area contributed by atoms with Gasteiger partial charge in [-0.25, -0.2) is 4.98 Å². The van der Waals surface area contributed by atoms with Crippen LogP contribution in [0.1, 0.15) is 5.69 Å². The van der Waals surface area contributed by atoms with Gasteiger partial charge in [0.1, 0.15) is 5.65 Å². The van der Waals surface area contributed by atoms with Crippen LogP contribution in [-0.4, -0.2) is 15.6 Å². The van der Waals surface area contributed by atoms with Gasteiger partial charge in [0, 0.05) is 23.2 Å². The fraction of sp³-hybridized carbons (Fsp3) is 0.222. The zero-order chi connectivity index (χ0) is 9.26. The zero-order valence-electron chi connectivity index (χ0n) is 7.20. The van der Waals surface area contributed by atoms with Crippen LogP contribution in [0.15, 0.2) is 24.5 Å². The average molecular weight is 213 g/mol. The fourth-order valence-electron chi connectivity index (χ4n) is 1.23. The summed E-state index contributed by atoms with van der Waals surface area (Å²) in [5, 5.41) is 0.730. The van der Waals surface area contributed by atoms with Gasteiger partial charge in [-0.05, 0) is 18.4 Å². The molecule has 0 atom stereocenters. The van der Waals surface area contributed by atoms with E-state index in [-0.39, 0.29) is 0 Å². The van der Waals surface area contributed by atoms with Crippen LogP contribution in [0.2, 0.25) is 5.02 Å². The van der Waals surface area contributed by atoms with Crippen molar-refractivity contribution in [3.63, 3.8) is 0 Å². The largest absolute Gasteiger partial charge is 0.307 e. The van der Waals surface area contributed by atoms with Crippen molar-refractivity contribution in [2.24, 2.45) is 0 Å². The van der Waals surface area contributed by atoms with Crippen molar-refractivity contribution in [3.05, 3.63) is 35.2 Å². The van der Waals surface area contributed by atoms with E-state index in [1.807, 2.05) is 28.9 Å². The standard InChI is InChI=1S/C9H9ClN2S/c1-13-6-8-5-12-3-2-7(10)4-9(12)11-8/h2-5H,6H2,1H3. The van der Waals surface area contributed by atoms with E-state index >= 15 is 0 Å². The molecule has 0 aliphatic carbocycles. The highest BCUT2D eigenvalue weighted by molar-refractivity contribution is 7.97. The molecule has 0 saturated heterocycles. The van der Waals surface area contributed by atoms with Gasteiger partial charge in [0.25, 0.3) is 0 Å². The number of imidazole rings is 1. The number of hydrogen-bond donors (Lipinski definition) is 0. The molecule has 2 aromatic heterocycles. The number of halogens is 1. The minimum Gasteiger partial charge on any atom is -0.307 e. The van der Waals surface area contributed by atoms with E-state index in [1.54, 1.807) is 11.8 Å². The summed E-state index contributed by atoms with van der Waals surface area (Å²) in [6.07, 6.45) is 6.02. The summed E-state index contributed by atoms with van der Waals surface area (Å²) in [5.41, 5.74) is 2.01. The van der Waals surface area contributed by atoms with Crippen LogP contribution < -0.4 is 0 Å². The summed E-state index contributed by atoms with van der Waals surface area (Å²) in [7, 11) is 0. The van der Waals surface area contributed by atoms with Crippen molar-refractivity contribution >= 4 is 29.0 Å². The second kappa shape index (κ2) is 3.60. The molecule has 4 heteroatoms. The van der Waals surface area contributed by atoms with Gasteiger partial charge >= 0.3 is 0 Å². The van der Waals surface area contributed by atoms with Gasteiger partial charge in [0.05, 0.1) is 5.69 Å². The van der Waals surface area contributed by atoms with Gasteiger partial charge in [0.15, 0.2) is 0 Å². The molecule has 2 heterocycles. The first-order valence-electron chi connectivity index (χ1n) is 3.91. The van der Waals surface area contributed by atoms with Gasteiger partial charge in [-0.2, -0.15) is 11.8 Å². The van der Waals surface area contributed by atoms with Crippen molar-refractivity contribution in [1.29, 1.82) is 0 Å². The van der Waals surface area contributed by atoms with Gasteiger partial charge in [-0.1, -0.05) is 11.6 Å². The molecule has 0 amide bonds. The Hall–Kier alpha value is -0.670. The molecule has 0 aliphatic heterocycles. The van der Waals surface area contributed by atoms with Crippen LogP contribution in [0, 0.1) is 0 Å². The number of fused-ring (bicyclic) bond motifs is 1. The first-order valence-corrected chi connectivity index (χ1v) is 5.69. The van der Waals surface area contributed by atoms with Crippen molar-refractivity contribution < 1.29 is 0 Å². The van der Waals surface area contributed by atoms with E-state index in [9.17, 15) is 0 Å². The van der Waals surface area contributed by atoms with Gasteiger partial charge < -0.3 is 4.40 Å². The molecule has 2 nitrogen and oxygen atoms in total. The summed E-state index contributed by atoms with van der Waals surface area (Å²) in [6, 6.07) is 3.73. The molecule has 13 heavy (non-hydrogen) atoms. The first-order chi connectivity index (χ1) is 6.29. The lowest BCUT2D eigenvalue weighted by Crippen LogP contribution is -1.79. The fourth-order valence-corrected chi connectivity index (χ4v) is 1.82. The third-order valence-electron chi connectivity index (χ3n) is 1.76. The van der Waals surface area contributed by atoms with Crippen molar-refractivity contribution in [2.75, 3.05) is 6.26 Å². The molecular formula is C9H9ClN2S. The molecule has 68 valence electrons. The molecular weight excluding hydrogens is 204 g/mol. The molecule has 0 spiro atoms. The molecule has 2 aromatic rings. The Bertz CT molecular complexity index is 424. The van der Waals surface area contributed by atoms with Gasteiger partial charge in [-0.3, -0.25) is 0 Å². The molecule has 0 bridgehead atoms. The van der Waals surface area contributed by atoms with E-state index in [1.165, 1.54) is 0 Å². The van der Waals surface area contributed by atoms with Crippen molar-refractivity contribution in [2.45, 2.75) is 5.75 Å². The normalized spacial score (nSPS) is 10.9. The lowest BCUT2D eigenvalue weighted by atomic mass is 10.5. The topological polar surface area (TPSA) is 17.3 Å². The number of rotatable bonds is 2. The minimum absolute atomic E-state index is 0.730. The smallest absolute Gasteiger partial charge is 0.138 e. The lowest BCUT2D eigenvalue weighted by molar-refractivity contribution is 1.18. The van der Waals surface area contributed by atoms with E-state index in [0.717, 1.165) is 22.1 Å². The monoisotopic (exact) mass is 212 g/mol. The van der Waals surface area contributed by atoms with Crippen LogP contribution in [0.25, 0.3) is 5.65 Å². The maximum atomic E-state index is 5.85. The quantitative estimate of drug-likeness (QED) is 0.762. The summed E-state index contributed by atoms with van der Waals surface area (Å²) in [4.78, 5) is 4.42. The number of pyridine rings is 1. The zero-order valence-corrected chi connectivity index (χ0v) is 8.77. The Labute approximate surface area is 85.9 Å². The first kappa shape index (κ1) is 8.91. The van der Waals surface area contributed by atoms with Crippen LogP contribution >= 0.6 is 23.4 Å². The van der Waals surface area contributed by atoms with Crippen LogP contribution in [0.3, 0.4) is 0 Å². The highest BCUT2D eigenvalue weighted by Crippen LogP contribution is 2.14. The van der Waals surface area contributed by atoms with E-state index in [4.69, 9.17) is 11.6 Å². The third kappa shape index (κ3) is 1.81. The lowest BCUT2D eigenvalue weighted by Gasteiger charge is -1.90. The van der Waals surface area contributed by atoms with Crippen molar-refractivity contribution in [1.82, 2.24) is 9.38 Å². The molecule has 0 aromatic carbocycles. The van der Waals surface area contributed by atoms with E-state index < -0.39 is 0 Å². The molecule has 0 unspecified atom stereocenters. The number of nitrogens with zero attached hydrogens (tertiary/aromatic N) is 2. The number of aromatic nitrogens is 2. The summed E-state index contributed by atoms with van der Waals surface area (Å²) >= 11 is 7.61.